The van der Waals surface area contributed by atoms with E-state index >= 15 is 0 Å². The average Bonchev–Trinajstić information content (AvgIpc) is 2.84. The van der Waals surface area contributed by atoms with Crippen molar-refractivity contribution < 1.29 is 4.42 Å². The Balaban J connectivity index is 2.26. The molecule has 0 saturated heterocycles. The van der Waals surface area contributed by atoms with E-state index in [9.17, 15) is 0 Å². The van der Waals surface area contributed by atoms with Gasteiger partial charge in [-0.3, -0.25) is 4.68 Å². The lowest BCUT2D eigenvalue weighted by atomic mass is 10.1. The van der Waals surface area contributed by atoms with Gasteiger partial charge in [0.25, 0.3) is 0 Å². The maximum absolute atomic E-state index is 5.76. The minimum absolute atomic E-state index is 0.472. The van der Waals surface area contributed by atoms with E-state index < -0.39 is 0 Å². The van der Waals surface area contributed by atoms with E-state index in [-0.39, 0.29) is 0 Å². The first-order valence-corrected chi connectivity index (χ1v) is 5.77. The van der Waals surface area contributed by atoms with Crippen molar-refractivity contribution in [1.82, 2.24) is 14.8 Å². The van der Waals surface area contributed by atoms with Crippen molar-refractivity contribution in [2.24, 2.45) is 7.05 Å². The Kier molecular flexibility index (Phi) is 2.19. The number of oxazole rings is 1. The van der Waals surface area contributed by atoms with E-state index in [4.69, 9.17) is 10.2 Å². The highest BCUT2D eigenvalue weighted by molar-refractivity contribution is 9.10. The predicted octanol–water partition coefficient (Wildman–Crippen LogP) is 2.57. The predicted molar refractivity (Wildman–Crippen MR) is 68.3 cm³/mol. The number of nitrogens with zero attached hydrogens (tertiary/aromatic N) is 3. The molecular weight excluding hydrogens is 284 g/mol. The van der Waals surface area contributed by atoms with Crippen LogP contribution in [0.1, 0.15) is 0 Å². The molecule has 3 aromatic rings. The normalized spacial score (nSPS) is 11.2. The number of hydrogen-bond acceptors (Lipinski definition) is 4. The van der Waals surface area contributed by atoms with Gasteiger partial charge in [-0.1, -0.05) is 6.07 Å². The second-order valence-corrected chi connectivity index (χ2v) is 4.50. The molecule has 3 rings (SSSR count). The number of rotatable bonds is 1. The number of nitrogen functional groups attached to an aromatic ring is 1. The van der Waals surface area contributed by atoms with Crippen LogP contribution in [-0.4, -0.2) is 14.8 Å². The van der Waals surface area contributed by atoms with Gasteiger partial charge in [-0.2, -0.15) is 5.10 Å². The third-order valence-corrected chi connectivity index (χ3v) is 3.40. The molecule has 0 aliphatic heterocycles. The van der Waals surface area contributed by atoms with Crippen LogP contribution in [0.5, 0.6) is 0 Å². The molecule has 0 amide bonds. The molecule has 5 nitrogen and oxygen atoms in total. The lowest BCUT2D eigenvalue weighted by molar-refractivity contribution is 0.602. The molecule has 1 aromatic carbocycles. The number of halogens is 1. The van der Waals surface area contributed by atoms with Crippen LogP contribution in [-0.2, 0) is 7.05 Å². The van der Waals surface area contributed by atoms with Crippen molar-refractivity contribution in [3.05, 3.63) is 29.1 Å². The van der Waals surface area contributed by atoms with Crippen LogP contribution in [0, 0.1) is 0 Å². The van der Waals surface area contributed by atoms with E-state index in [2.05, 4.69) is 26.0 Å². The number of hydrogen-bond donors (Lipinski definition) is 1. The first kappa shape index (κ1) is 10.3. The largest absolute Gasteiger partial charge is 0.443 e. The Bertz CT molecular complexity index is 701. The molecule has 0 fully saturated rings. The van der Waals surface area contributed by atoms with Crippen LogP contribution in [0.2, 0.25) is 0 Å². The molecule has 0 aliphatic rings. The number of anilines is 1. The van der Waals surface area contributed by atoms with Gasteiger partial charge in [-0.05, 0) is 28.1 Å². The summed E-state index contributed by atoms with van der Waals surface area (Å²) in [4.78, 5) is 4.08. The van der Waals surface area contributed by atoms with E-state index in [0.717, 1.165) is 26.8 Å². The van der Waals surface area contributed by atoms with Crippen molar-refractivity contribution in [3.63, 3.8) is 0 Å². The van der Waals surface area contributed by atoms with Crippen LogP contribution in [0.4, 0.5) is 5.82 Å². The molecule has 0 aliphatic carbocycles. The summed E-state index contributed by atoms with van der Waals surface area (Å²) in [7, 11) is 1.85. The van der Waals surface area contributed by atoms with Crippen LogP contribution in [0.15, 0.2) is 33.5 Å². The number of aryl methyl sites for hydroxylation is 1. The SMILES string of the molecule is Cn1nc(N)c(Br)c1-c1ccc2ncoc2c1. The summed E-state index contributed by atoms with van der Waals surface area (Å²) < 4.78 is 7.80. The topological polar surface area (TPSA) is 69.9 Å². The second kappa shape index (κ2) is 3.59. The molecule has 2 N–H and O–H groups in total. The maximum atomic E-state index is 5.76. The number of nitrogens with two attached hydrogens (primary N) is 1. The Labute approximate surface area is 105 Å². The summed E-state index contributed by atoms with van der Waals surface area (Å²) in [5.41, 5.74) is 9.23. The summed E-state index contributed by atoms with van der Waals surface area (Å²) >= 11 is 3.44. The van der Waals surface area contributed by atoms with Gasteiger partial charge in [0.15, 0.2) is 17.8 Å². The third-order valence-electron chi connectivity index (χ3n) is 2.62. The van der Waals surface area contributed by atoms with Gasteiger partial charge in [0.1, 0.15) is 5.52 Å². The number of aromatic nitrogens is 3. The quantitative estimate of drug-likeness (QED) is 0.748. The lowest BCUT2D eigenvalue weighted by Crippen LogP contribution is -1.94. The fraction of sp³-hybridized carbons (Fsp3) is 0.0909. The van der Waals surface area contributed by atoms with Crippen molar-refractivity contribution in [1.29, 1.82) is 0 Å². The Hall–Kier alpha value is -1.82. The van der Waals surface area contributed by atoms with Crippen molar-refractivity contribution in [2.75, 3.05) is 5.73 Å². The Morgan fingerprint density at radius 3 is 2.94 bits per heavy atom. The minimum atomic E-state index is 0.472. The van der Waals surface area contributed by atoms with E-state index in [1.54, 1.807) is 4.68 Å². The molecule has 0 unspecified atom stereocenters. The molecule has 2 heterocycles. The molecule has 2 aromatic heterocycles. The average molecular weight is 293 g/mol. The molecular formula is C11H9BrN4O. The Morgan fingerprint density at radius 1 is 1.41 bits per heavy atom. The molecule has 0 spiro atoms. The van der Waals surface area contributed by atoms with E-state index in [1.165, 1.54) is 6.39 Å². The fourth-order valence-corrected chi connectivity index (χ4v) is 2.40. The summed E-state index contributed by atoms with van der Waals surface area (Å²) in [5, 5.41) is 4.16. The van der Waals surface area contributed by atoms with Crippen molar-refractivity contribution >= 4 is 32.8 Å². The zero-order chi connectivity index (χ0) is 12.0. The fourth-order valence-electron chi connectivity index (χ4n) is 1.83. The van der Waals surface area contributed by atoms with Gasteiger partial charge < -0.3 is 10.2 Å². The number of fused-ring (bicyclic) bond motifs is 1. The second-order valence-electron chi connectivity index (χ2n) is 3.71. The highest BCUT2D eigenvalue weighted by atomic mass is 79.9. The molecule has 6 heteroatoms. The molecule has 0 saturated carbocycles. The summed E-state index contributed by atoms with van der Waals surface area (Å²) in [6.45, 7) is 0. The van der Waals surface area contributed by atoms with Crippen LogP contribution in [0.25, 0.3) is 22.4 Å². The standard InChI is InChI=1S/C11H9BrN4O/c1-16-10(9(12)11(13)15-16)6-2-3-7-8(4-6)17-5-14-7/h2-5H,1H3,(H2,13,15). The minimum Gasteiger partial charge on any atom is -0.443 e. The summed E-state index contributed by atoms with van der Waals surface area (Å²) in [6.07, 6.45) is 1.43. The van der Waals surface area contributed by atoms with Gasteiger partial charge in [-0.15, -0.1) is 0 Å². The van der Waals surface area contributed by atoms with Crippen LogP contribution >= 0.6 is 15.9 Å². The van der Waals surface area contributed by atoms with Crippen LogP contribution in [0.3, 0.4) is 0 Å². The van der Waals surface area contributed by atoms with E-state index in [0.29, 0.717) is 5.82 Å². The van der Waals surface area contributed by atoms with Gasteiger partial charge in [0.05, 0.1) is 10.2 Å². The lowest BCUT2D eigenvalue weighted by Gasteiger charge is -2.02. The van der Waals surface area contributed by atoms with Gasteiger partial charge in [0.2, 0.25) is 0 Å². The molecule has 0 atom stereocenters. The first-order chi connectivity index (χ1) is 8.16. The number of benzene rings is 1. The van der Waals surface area contributed by atoms with Gasteiger partial charge >= 0.3 is 0 Å². The highest BCUT2D eigenvalue weighted by Gasteiger charge is 2.14. The molecule has 17 heavy (non-hydrogen) atoms. The monoisotopic (exact) mass is 292 g/mol. The summed E-state index contributed by atoms with van der Waals surface area (Å²) in [6, 6.07) is 5.79. The first-order valence-electron chi connectivity index (χ1n) is 4.98. The smallest absolute Gasteiger partial charge is 0.181 e. The van der Waals surface area contributed by atoms with Gasteiger partial charge in [-0.25, -0.2) is 4.98 Å². The van der Waals surface area contributed by atoms with Crippen molar-refractivity contribution in [2.45, 2.75) is 0 Å². The zero-order valence-electron chi connectivity index (χ0n) is 9.01. The molecule has 0 bridgehead atoms. The maximum Gasteiger partial charge on any atom is 0.181 e. The highest BCUT2D eigenvalue weighted by Crippen LogP contribution is 2.33. The zero-order valence-corrected chi connectivity index (χ0v) is 10.6. The third kappa shape index (κ3) is 1.52. The van der Waals surface area contributed by atoms with Crippen LogP contribution < -0.4 is 5.73 Å². The summed E-state index contributed by atoms with van der Waals surface area (Å²) in [5.74, 6) is 0.472. The van der Waals surface area contributed by atoms with Gasteiger partial charge in [0, 0.05) is 12.6 Å². The Morgan fingerprint density at radius 2 is 2.24 bits per heavy atom. The molecule has 0 radical (unpaired) electrons. The van der Waals surface area contributed by atoms with Crippen molar-refractivity contribution in [3.8, 4) is 11.3 Å². The molecule has 86 valence electrons. The van der Waals surface area contributed by atoms with E-state index in [1.807, 2.05) is 25.2 Å².